The molecule has 0 amide bonds. The highest BCUT2D eigenvalue weighted by atomic mass is 16.5. The largest absolute Gasteiger partial charge is 0.381 e. The van der Waals surface area contributed by atoms with E-state index < -0.39 is 0 Å². The van der Waals surface area contributed by atoms with Gasteiger partial charge in [0.1, 0.15) is 0 Å². The van der Waals surface area contributed by atoms with Crippen LogP contribution >= 0.6 is 0 Å². The van der Waals surface area contributed by atoms with E-state index in [-0.39, 0.29) is 0 Å². The van der Waals surface area contributed by atoms with E-state index in [9.17, 15) is 0 Å². The van der Waals surface area contributed by atoms with Gasteiger partial charge in [-0.1, -0.05) is 13.8 Å². The van der Waals surface area contributed by atoms with Crippen LogP contribution in [0.15, 0.2) is 0 Å². The maximum atomic E-state index is 5.60. The lowest BCUT2D eigenvalue weighted by Gasteiger charge is -2.44. The molecule has 0 saturated carbocycles. The summed E-state index contributed by atoms with van der Waals surface area (Å²) in [6.07, 6.45) is 2.37. The molecule has 0 aromatic rings. The van der Waals surface area contributed by atoms with Gasteiger partial charge >= 0.3 is 0 Å². The molecule has 2 aliphatic heterocycles. The zero-order valence-corrected chi connectivity index (χ0v) is 13.5. The van der Waals surface area contributed by atoms with Crippen LogP contribution in [0.1, 0.15) is 33.6 Å². The standard InChI is InChI=1S/C16H32N2O2/c1-14(2)10-17-12-16(4-7-19-8-5-16)13-18-6-9-20-11-15(18)3/h14-15,17H,4-13H2,1-3H3. The smallest absolute Gasteiger partial charge is 0.0619 e. The average Bonchev–Trinajstić information content (AvgIpc) is 2.42. The number of morpholine rings is 1. The molecule has 0 radical (unpaired) electrons. The van der Waals surface area contributed by atoms with Crippen LogP contribution in [0, 0.1) is 11.3 Å². The highest BCUT2D eigenvalue weighted by Gasteiger charge is 2.36. The lowest BCUT2D eigenvalue weighted by Crippen LogP contribution is -2.53. The van der Waals surface area contributed by atoms with E-state index in [4.69, 9.17) is 9.47 Å². The molecule has 0 aromatic heterocycles. The van der Waals surface area contributed by atoms with Crippen LogP contribution in [0.2, 0.25) is 0 Å². The third-order valence-electron chi connectivity index (χ3n) is 4.65. The van der Waals surface area contributed by atoms with Gasteiger partial charge in [0.2, 0.25) is 0 Å². The maximum absolute atomic E-state index is 5.60. The number of nitrogens with one attached hydrogen (secondary N) is 1. The summed E-state index contributed by atoms with van der Waals surface area (Å²) in [5, 5.41) is 3.69. The van der Waals surface area contributed by atoms with Gasteiger partial charge in [-0.15, -0.1) is 0 Å². The minimum Gasteiger partial charge on any atom is -0.381 e. The second-order valence-electron chi connectivity index (χ2n) is 7.03. The predicted octanol–water partition coefficient (Wildman–Crippen LogP) is 1.75. The van der Waals surface area contributed by atoms with Crippen molar-refractivity contribution >= 4 is 0 Å². The zero-order valence-electron chi connectivity index (χ0n) is 13.5. The Bertz CT molecular complexity index is 278. The van der Waals surface area contributed by atoms with Gasteiger partial charge < -0.3 is 14.8 Å². The quantitative estimate of drug-likeness (QED) is 0.806. The van der Waals surface area contributed by atoms with E-state index in [2.05, 4.69) is 31.0 Å². The zero-order chi connectivity index (χ0) is 14.4. The fourth-order valence-corrected chi connectivity index (χ4v) is 3.25. The molecule has 1 atom stereocenters. The molecule has 2 aliphatic rings. The van der Waals surface area contributed by atoms with Crippen molar-refractivity contribution in [3.63, 3.8) is 0 Å². The molecule has 0 aromatic carbocycles. The summed E-state index contributed by atoms with van der Waals surface area (Å²) in [4.78, 5) is 2.62. The van der Waals surface area contributed by atoms with Gasteiger partial charge in [0.15, 0.2) is 0 Å². The van der Waals surface area contributed by atoms with Crippen LogP contribution in [-0.2, 0) is 9.47 Å². The minimum absolute atomic E-state index is 0.388. The van der Waals surface area contributed by atoms with E-state index in [1.54, 1.807) is 0 Å². The number of nitrogens with zero attached hydrogens (tertiary/aromatic N) is 1. The van der Waals surface area contributed by atoms with Crippen LogP contribution in [0.3, 0.4) is 0 Å². The molecule has 0 aliphatic carbocycles. The third-order valence-corrected chi connectivity index (χ3v) is 4.65. The summed E-state index contributed by atoms with van der Waals surface area (Å²) < 4.78 is 11.2. The Balaban J connectivity index is 1.91. The molecule has 1 N–H and O–H groups in total. The fourth-order valence-electron chi connectivity index (χ4n) is 3.25. The van der Waals surface area contributed by atoms with Gasteiger partial charge in [0.05, 0.1) is 13.2 Å². The SMILES string of the molecule is CC(C)CNCC1(CN2CCOCC2C)CCOCC1. The Kier molecular flexibility index (Phi) is 6.27. The Morgan fingerprint density at radius 1 is 1.20 bits per heavy atom. The van der Waals surface area contributed by atoms with Crippen molar-refractivity contribution in [3.8, 4) is 0 Å². The van der Waals surface area contributed by atoms with Crippen molar-refractivity contribution in [2.24, 2.45) is 11.3 Å². The summed E-state index contributed by atoms with van der Waals surface area (Å²) in [6.45, 7) is 14.9. The number of ether oxygens (including phenoxy) is 2. The third kappa shape index (κ3) is 4.69. The molecular weight excluding hydrogens is 252 g/mol. The maximum Gasteiger partial charge on any atom is 0.0619 e. The monoisotopic (exact) mass is 284 g/mol. The molecule has 2 fully saturated rings. The number of hydrogen-bond acceptors (Lipinski definition) is 4. The average molecular weight is 284 g/mol. The molecule has 4 nitrogen and oxygen atoms in total. The summed E-state index contributed by atoms with van der Waals surface area (Å²) in [5.41, 5.74) is 0.388. The molecule has 2 heterocycles. The Labute approximate surface area is 124 Å². The summed E-state index contributed by atoms with van der Waals surface area (Å²) in [5.74, 6) is 0.717. The molecule has 0 spiro atoms. The Hall–Kier alpha value is -0.160. The first-order chi connectivity index (χ1) is 9.61. The van der Waals surface area contributed by atoms with Crippen LogP contribution in [0.5, 0.6) is 0 Å². The van der Waals surface area contributed by atoms with Crippen LogP contribution in [-0.4, -0.2) is 63.5 Å². The first-order valence-corrected chi connectivity index (χ1v) is 8.22. The number of hydrogen-bond donors (Lipinski definition) is 1. The number of rotatable bonds is 6. The van der Waals surface area contributed by atoms with Gasteiger partial charge in [-0.3, -0.25) is 4.90 Å². The van der Waals surface area contributed by atoms with Crippen LogP contribution < -0.4 is 5.32 Å². The van der Waals surface area contributed by atoms with Crippen molar-refractivity contribution in [1.29, 1.82) is 0 Å². The van der Waals surface area contributed by atoms with Gasteiger partial charge in [0.25, 0.3) is 0 Å². The molecule has 2 rings (SSSR count). The van der Waals surface area contributed by atoms with E-state index >= 15 is 0 Å². The summed E-state index contributed by atoms with van der Waals surface area (Å²) >= 11 is 0. The molecule has 0 bridgehead atoms. The van der Waals surface area contributed by atoms with E-state index in [1.807, 2.05) is 0 Å². The van der Waals surface area contributed by atoms with Crippen molar-refractivity contribution in [1.82, 2.24) is 10.2 Å². The molecule has 1 unspecified atom stereocenters. The fraction of sp³-hybridized carbons (Fsp3) is 1.00. The highest BCUT2D eigenvalue weighted by molar-refractivity contribution is 4.89. The second-order valence-corrected chi connectivity index (χ2v) is 7.03. The first kappa shape index (κ1) is 16.2. The van der Waals surface area contributed by atoms with Crippen LogP contribution in [0.25, 0.3) is 0 Å². The van der Waals surface area contributed by atoms with Gasteiger partial charge in [0, 0.05) is 38.9 Å². The van der Waals surface area contributed by atoms with Gasteiger partial charge in [-0.05, 0) is 37.6 Å². The first-order valence-electron chi connectivity index (χ1n) is 8.22. The molecule has 118 valence electrons. The molecule has 2 saturated heterocycles. The van der Waals surface area contributed by atoms with Gasteiger partial charge in [-0.2, -0.15) is 0 Å². The van der Waals surface area contributed by atoms with Crippen molar-refractivity contribution in [2.45, 2.75) is 39.7 Å². The topological polar surface area (TPSA) is 33.7 Å². The van der Waals surface area contributed by atoms with Crippen molar-refractivity contribution in [2.75, 3.05) is 52.6 Å². The predicted molar refractivity (Wildman–Crippen MR) is 82.0 cm³/mol. The lowest BCUT2D eigenvalue weighted by molar-refractivity contribution is -0.0496. The van der Waals surface area contributed by atoms with Crippen molar-refractivity contribution < 1.29 is 9.47 Å². The Morgan fingerprint density at radius 3 is 2.60 bits per heavy atom. The molecule has 4 heteroatoms. The summed E-state index contributed by atoms with van der Waals surface area (Å²) in [7, 11) is 0. The normalized spacial score (nSPS) is 27.9. The highest BCUT2D eigenvalue weighted by Crippen LogP contribution is 2.32. The summed E-state index contributed by atoms with van der Waals surface area (Å²) in [6, 6.07) is 0.550. The lowest BCUT2D eigenvalue weighted by atomic mass is 9.79. The van der Waals surface area contributed by atoms with E-state index in [0.717, 1.165) is 46.1 Å². The molecule has 20 heavy (non-hydrogen) atoms. The minimum atomic E-state index is 0.388. The second kappa shape index (κ2) is 7.74. The molecular formula is C16H32N2O2. The van der Waals surface area contributed by atoms with E-state index in [0.29, 0.717) is 17.4 Å². The Morgan fingerprint density at radius 2 is 1.95 bits per heavy atom. The van der Waals surface area contributed by atoms with Gasteiger partial charge in [-0.25, -0.2) is 0 Å². The van der Waals surface area contributed by atoms with Crippen molar-refractivity contribution in [3.05, 3.63) is 0 Å². The van der Waals surface area contributed by atoms with E-state index in [1.165, 1.54) is 19.4 Å². The van der Waals surface area contributed by atoms with Crippen LogP contribution in [0.4, 0.5) is 0 Å².